The highest BCUT2D eigenvalue weighted by Gasteiger charge is 2.27. The molecule has 0 spiro atoms. The fourth-order valence-electron chi connectivity index (χ4n) is 2.69. The van der Waals surface area contributed by atoms with Crippen LogP contribution in [0.3, 0.4) is 0 Å². The van der Waals surface area contributed by atoms with E-state index in [4.69, 9.17) is 5.73 Å². The van der Waals surface area contributed by atoms with Gasteiger partial charge < -0.3 is 5.73 Å². The summed E-state index contributed by atoms with van der Waals surface area (Å²) in [4.78, 5) is 4.40. The van der Waals surface area contributed by atoms with Crippen molar-refractivity contribution in [2.45, 2.75) is 25.7 Å². The van der Waals surface area contributed by atoms with Crippen LogP contribution in [0.15, 0.2) is 30.5 Å². The molecule has 0 amide bonds. The van der Waals surface area contributed by atoms with Gasteiger partial charge in [-0.3, -0.25) is 4.98 Å². The van der Waals surface area contributed by atoms with Gasteiger partial charge in [0.2, 0.25) is 0 Å². The number of benzene rings is 1. The number of hydrogen-bond donors (Lipinski definition) is 1. The average Bonchev–Trinajstić information content (AvgIpc) is 2.78. The van der Waals surface area contributed by atoms with Crippen LogP contribution in [0.2, 0.25) is 0 Å². The number of anilines is 1. The average molecular weight is 242 g/mol. The van der Waals surface area contributed by atoms with Crippen molar-refractivity contribution in [3.63, 3.8) is 0 Å². The van der Waals surface area contributed by atoms with Gasteiger partial charge in [-0.25, -0.2) is 4.39 Å². The quantitative estimate of drug-likeness (QED) is 0.780. The van der Waals surface area contributed by atoms with Gasteiger partial charge in [-0.15, -0.1) is 0 Å². The third-order valence-corrected chi connectivity index (χ3v) is 3.72. The molecule has 2 N–H and O–H groups in total. The van der Waals surface area contributed by atoms with Crippen molar-refractivity contribution in [3.05, 3.63) is 58.7 Å². The molecule has 0 saturated heterocycles. The number of nitrogens with two attached hydrogens (primary N) is 1. The monoisotopic (exact) mass is 242 g/mol. The predicted octanol–water partition coefficient (Wildman–Crippen LogP) is 3.19. The fraction of sp³-hybridized carbons (Fsp3) is 0.267. The van der Waals surface area contributed by atoms with Gasteiger partial charge in [0.1, 0.15) is 5.82 Å². The van der Waals surface area contributed by atoms with Crippen LogP contribution in [0.4, 0.5) is 10.1 Å². The Kier molecular flexibility index (Phi) is 2.54. The van der Waals surface area contributed by atoms with E-state index in [1.165, 1.54) is 11.6 Å². The zero-order valence-corrected chi connectivity index (χ0v) is 10.3. The van der Waals surface area contributed by atoms with Crippen LogP contribution in [0.1, 0.15) is 34.7 Å². The Hall–Kier alpha value is -1.90. The summed E-state index contributed by atoms with van der Waals surface area (Å²) < 4.78 is 14.1. The van der Waals surface area contributed by atoms with Crippen molar-refractivity contribution >= 4 is 5.69 Å². The lowest BCUT2D eigenvalue weighted by Gasteiger charge is -2.14. The molecule has 0 radical (unpaired) electrons. The molecule has 1 aliphatic carbocycles. The first kappa shape index (κ1) is 11.2. The molecular formula is C15H15FN2. The summed E-state index contributed by atoms with van der Waals surface area (Å²) in [6.07, 6.45) is 3.64. The van der Waals surface area contributed by atoms with Crippen LogP contribution in [0.5, 0.6) is 0 Å². The minimum absolute atomic E-state index is 0.0455. The third kappa shape index (κ3) is 1.67. The lowest BCUT2D eigenvalue weighted by molar-refractivity contribution is 0.592. The Labute approximate surface area is 106 Å². The maximum atomic E-state index is 14.1. The maximum absolute atomic E-state index is 14.1. The van der Waals surface area contributed by atoms with Crippen molar-refractivity contribution in [1.29, 1.82) is 0 Å². The number of nitrogens with zero attached hydrogens (tertiary/aromatic N) is 1. The van der Waals surface area contributed by atoms with Crippen LogP contribution < -0.4 is 5.73 Å². The van der Waals surface area contributed by atoms with E-state index in [0.717, 1.165) is 24.1 Å². The zero-order valence-electron chi connectivity index (χ0n) is 10.3. The van der Waals surface area contributed by atoms with E-state index in [1.54, 1.807) is 12.3 Å². The first-order valence-electron chi connectivity index (χ1n) is 6.16. The second-order valence-electron chi connectivity index (χ2n) is 4.87. The Balaban J connectivity index is 2.10. The molecule has 2 nitrogen and oxygen atoms in total. The summed E-state index contributed by atoms with van der Waals surface area (Å²) in [6, 6.07) is 7.28. The van der Waals surface area contributed by atoms with Gasteiger partial charge in [-0.2, -0.15) is 0 Å². The van der Waals surface area contributed by atoms with E-state index in [1.807, 2.05) is 13.0 Å². The summed E-state index contributed by atoms with van der Waals surface area (Å²) in [5.74, 6) is -0.130. The maximum Gasteiger partial charge on any atom is 0.127 e. The van der Waals surface area contributed by atoms with E-state index in [-0.39, 0.29) is 11.7 Å². The van der Waals surface area contributed by atoms with Crippen molar-refractivity contribution in [3.8, 4) is 0 Å². The van der Waals surface area contributed by atoms with Crippen LogP contribution in [-0.2, 0) is 6.42 Å². The number of hydrogen-bond acceptors (Lipinski definition) is 2. The van der Waals surface area contributed by atoms with Crippen LogP contribution in [-0.4, -0.2) is 4.98 Å². The van der Waals surface area contributed by atoms with Crippen LogP contribution >= 0.6 is 0 Å². The molecule has 0 saturated carbocycles. The summed E-state index contributed by atoms with van der Waals surface area (Å²) >= 11 is 0. The van der Waals surface area contributed by atoms with Crippen LogP contribution in [0.25, 0.3) is 0 Å². The Morgan fingerprint density at radius 3 is 3.06 bits per heavy atom. The Morgan fingerprint density at radius 1 is 1.39 bits per heavy atom. The molecule has 0 aliphatic heterocycles. The second kappa shape index (κ2) is 4.09. The number of fused-ring (bicyclic) bond motifs is 1. The number of aryl methyl sites for hydroxylation is 2. The smallest absolute Gasteiger partial charge is 0.127 e. The summed E-state index contributed by atoms with van der Waals surface area (Å²) in [7, 11) is 0. The van der Waals surface area contributed by atoms with Gasteiger partial charge in [-0.1, -0.05) is 6.07 Å². The summed E-state index contributed by atoms with van der Waals surface area (Å²) in [5.41, 5.74) is 10.2. The molecule has 18 heavy (non-hydrogen) atoms. The molecular weight excluding hydrogens is 227 g/mol. The molecule has 1 aliphatic rings. The lowest BCUT2D eigenvalue weighted by Crippen LogP contribution is -2.04. The standard InChI is InChI=1S/C15H15FN2/c1-9-7-13(16)12(8-14(9)17)11-5-4-10-3-2-6-18-15(10)11/h2-3,6-8,11H,4-5,17H2,1H3. The molecule has 92 valence electrons. The van der Waals surface area contributed by atoms with E-state index < -0.39 is 0 Å². The molecule has 2 aromatic rings. The van der Waals surface area contributed by atoms with Crippen molar-refractivity contribution in [1.82, 2.24) is 4.98 Å². The molecule has 3 rings (SSSR count). The number of rotatable bonds is 1. The van der Waals surface area contributed by atoms with Gasteiger partial charge in [0.25, 0.3) is 0 Å². The largest absolute Gasteiger partial charge is 0.399 e. The predicted molar refractivity (Wildman–Crippen MR) is 70.0 cm³/mol. The molecule has 3 heteroatoms. The van der Waals surface area contributed by atoms with E-state index in [2.05, 4.69) is 11.1 Å². The highest BCUT2D eigenvalue weighted by Crippen LogP contribution is 2.38. The highest BCUT2D eigenvalue weighted by atomic mass is 19.1. The molecule has 1 heterocycles. The molecule has 1 atom stereocenters. The van der Waals surface area contributed by atoms with Crippen LogP contribution in [0, 0.1) is 12.7 Å². The first-order valence-corrected chi connectivity index (χ1v) is 6.16. The topological polar surface area (TPSA) is 38.9 Å². The highest BCUT2D eigenvalue weighted by molar-refractivity contribution is 5.52. The van der Waals surface area contributed by atoms with Crippen molar-refractivity contribution in [2.24, 2.45) is 0 Å². The first-order chi connectivity index (χ1) is 8.66. The molecule has 1 aromatic heterocycles. The van der Waals surface area contributed by atoms with E-state index >= 15 is 0 Å². The van der Waals surface area contributed by atoms with Gasteiger partial charge >= 0.3 is 0 Å². The Bertz CT molecular complexity index is 607. The van der Waals surface area contributed by atoms with Gasteiger partial charge in [0, 0.05) is 17.8 Å². The van der Waals surface area contributed by atoms with Gasteiger partial charge in [0.05, 0.1) is 5.69 Å². The third-order valence-electron chi connectivity index (χ3n) is 3.72. The van der Waals surface area contributed by atoms with Crippen molar-refractivity contribution in [2.75, 3.05) is 5.73 Å². The normalized spacial score (nSPS) is 17.8. The molecule has 0 bridgehead atoms. The number of halogens is 1. The molecule has 1 aromatic carbocycles. The zero-order chi connectivity index (χ0) is 12.7. The minimum atomic E-state index is -0.176. The van der Waals surface area contributed by atoms with E-state index in [0.29, 0.717) is 11.3 Å². The number of pyridine rings is 1. The number of aromatic nitrogens is 1. The summed E-state index contributed by atoms with van der Waals surface area (Å²) in [5, 5.41) is 0. The van der Waals surface area contributed by atoms with Gasteiger partial charge in [-0.05, 0) is 54.7 Å². The SMILES string of the molecule is Cc1cc(F)c(C2CCc3cccnc32)cc1N. The Morgan fingerprint density at radius 2 is 2.22 bits per heavy atom. The van der Waals surface area contributed by atoms with Crippen molar-refractivity contribution < 1.29 is 4.39 Å². The summed E-state index contributed by atoms with van der Waals surface area (Å²) in [6.45, 7) is 1.82. The lowest BCUT2D eigenvalue weighted by atomic mass is 9.94. The van der Waals surface area contributed by atoms with E-state index in [9.17, 15) is 4.39 Å². The number of nitrogen functional groups attached to an aromatic ring is 1. The fourth-order valence-corrected chi connectivity index (χ4v) is 2.69. The molecule has 1 unspecified atom stereocenters. The molecule has 0 fully saturated rings. The minimum Gasteiger partial charge on any atom is -0.399 e. The van der Waals surface area contributed by atoms with Gasteiger partial charge in [0.15, 0.2) is 0 Å². The second-order valence-corrected chi connectivity index (χ2v) is 4.87.